The lowest BCUT2D eigenvalue weighted by Gasteiger charge is -2.21. The predicted molar refractivity (Wildman–Crippen MR) is 118 cm³/mol. The van der Waals surface area contributed by atoms with Crippen molar-refractivity contribution in [2.45, 2.75) is 38.8 Å². The van der Waals surface area contributed by atoms with Crippen LogP contribution in [0.2, 0.25) is 0 Å². The maximum Gasteiger partial charge on any atom is 0.255 e. The molecule has 4 aromatic rings. The molecular formula is C23H26N6O. The molecule has 7 nitrogen and oxygen atoms in total. The predicted octanol–water partition coefficient (Wildman–Crippen LogP) is 4.08. The highest BCUT2D eigenvalue weighted by atomic mass is 16.1. The average Bonchev–Trinajstić information content (AvgIpc) is 3.46. The molecule has 5 rings (SSSR count). The number of carbonyl (C=O) groups excluding carboxylic acids is 1. The third-order valence-electron chi connectivity index (χ3n) is 6.12. The minimum absolute atomic E-state index is 0.140. The van der Waals surface area contributed by atoms with Gasteiger partial charge in [0.15, 0.2) is 0 Å². The van der Waals surface area contributed by atoms with Crippen LogP contribution in [0.4, 0.5) is 5.69 Å². The summed E-state index contributed by atoms with van der Waals surface area (Å²) in [6.45, 7) is 4.24. The quantitative estimate of drug-likeness (QED) is 0.527. The molecule has 1 unspecified atom stereocenters. The Morgan fingerprint density at radius 1 is 1.27 bits per heavy atom. The van der Waals surface area contributed by atoms with Crippen molar-refractivity contribution < 1.29 is 4.79 Å². The number of likely N-dealkylation sites (tertiary alicyclic amines) is 1. The zero-order valence-corrected chi connectivity index (χ0v) is 17.4. The van der Waals surface area contributed by atoms with Crippen LogP contribution in [0.15, 0.2) is 42.6 Å². The Balaban J connectivity index is 1.33. The molecule has 7 heteroatoms. The molecule has 3 heterocycles. The topological polar surface area (TPSA) is 78.8 Å². The maximum atomic E-state index is 12.7. The van der Waals surface area contributed by atoms with Crippen molar-refractivity contribution in [2.24, 2.45) is 7.05 Å². The van der Waals surface area contributed by atoms with Gasteiger partial charge in [-0.2, -0.15) is 5.10 Å². The molecule has 1 aliphatic rings. The summed E-state index contributed by atoms with van der Waals surface area (Å²) in [5.41, 5.74) is 4.22. The standard InChI is InChI=1S/C23H26N6O/c1-3-18-5-4-10-29(18)14-22-26-19-8-7-17(12-20(19)27-22)25-23(30)15-6-9-21-16(11-15)13-24-28(21)2/h6-9,11-13,18H,3-5,10,14H2,1-2H3,(H,25,30)(H,26,27). The Bertz CT molecular complexity index is 1220. The number of aryl methyl sites for hydroxylation is 1. The van der Waals surface area contributed by atoms with Gasteiger partial charge in [0.05, 0.1) is 29.3 Å². The average molecular weight is 403 g/mol. The van der Waals surface area contributed by atoms with Gasteiger partial charge in [0, 0.05) is 29.7 Å². The Morgan fingerprint density at radius 2 is 2.17 bits per heavy atom. The van der Waals surface area contributed by atoms with Gasteiger partial charge in [0.25, 0.3) is 5.91 Å². The third-order valence-corrected chi connectivity index (χ3v) is 6.12. The fourth-order valence-electron chi connectivity index (χ4n) is 4.48. The van der Waals surface area contributed by atoms with Gasteiger partial charge in [0.2, 0.25) is 0 Å². The molecule has 2 aromatic carbocycles. The molecule has 0 aliphatic carbocycles. The van der Waals surface area contributed by atoms with Crippen molar-refractivity contribution in [3.63, 3.8) is 0 Å². The maximum absolute atomic E-state index is 12.7. The minimum Gasteiger partial charge on any atom is -0.341 e. The number of aromatic amines is 1. The summed E-state index contributed by atoms with van der Waals surface area (Å²) >= 11 is 0. The smallest absolute Gasteiger partial charge is 0.255 e. The number of rotatable bonds is 5. The normalized spacial score (nSPS) is 17.2. The molecule has 2 aromatic heterocycles. The number of aromatic nitrogens is 4. The van der Waals surface area contributed by atoms with Crippen molar-refractivity contribution in [3.05, 3.63) is 54.0 Å². The number of H-pyrrole nitrogens is 1. The molecule has 1 fully saturated rings. The number of hydrogen-bond acceptors (Lipinski definition) is 4. The van der Waals surface area contributed by atoms with E-state index in [2.05, 4.69) is 27.2 Å². The number of anilines is 1. The van der Waals surface area contributed by atoms with Crippen LogP contribution in [-0.4, -0.2) is 43.1 Å². The van der Waals surface area contributed by atoms with E-state index >= 15 is 0 Å². The first kappa shape index (κ1) is 18.8. The van der Waals surface area contributed by atoms with Crippen molar-refractivity contribution in [3.8, 4) is 0 Å². The first-order valence-corrected chi connectivity index (χ1v) is 10.6. The van der Waals surface area contributed by atoms with Gasteiger partial charge < -0.3 is 10.3 Å². The molecule has 1 amide bonds. The Labute approximate surface area is 175 Å². The van der Waals surface area contributed by atoms with E-state index in [1.54, 1.807) is 10.9 Å². The van der Waals surface area contributed by atoms with Crippen LogP contribution in [0, 0.1) is 0 Å². The van der Waals surface area contributed by atoms with Gasteiger partial charge in [-0.15, -0.1) is 0 Å². The first-order chi connectivity index (χ1) is 14.6. The number of nitrogens with zero attached hydrogens (tertiary/aromatic N) is 4. The second-order valence-corrected chi connectivity index (χ2v) is 8.09. The number of imidazole rings is 1. The Kier molecular flexibility index (Phi) is 4.75. The summed E-state index contributed by atoms with van der Waals surface area (Å²) in [6, 6.07) is 12.1. The molecular weight excluding hydrogens is 376 g/mol. The second-order valence-electron chi connectivity index (χ2n) is 8.09. The van der Waals surface area contributed by atoms with E-state index in [-0.39, 0.29) is 5.91 Å². The van der Waals surface area contributed by atoms with Gasteiger partial charge in [-0.05, 0) is 62.2 Å². The number of nitrogens with one attached hydrogen (secondary N) is 2. The minimum atomic E-state index is -0.140. The van der Waals surface area contributed by atoms with E-state index in [1.165, 1.54) is 19.3 Å². The van der Waals surface area contributed by atoms with E-state index in [0.717, 1.165) is 46.5 Å². The molecule has 1 atom stereocenters. The summed E-state index contributed by atoms with van der Waals surface area (Å²) in [5.74, 6) is 0.842. The van der Waals surface area contributed by atoms with Crippen LogP contribution in [0.25, 0.3) is 21.9 Å². The molecule has 2 N–H and O–H groups in total. The highest BCUT2D eigenvalue weighted by Gasteiger charge is 2.23. The highest BCUT2D eigenvalue weighted by Crippen LogP contribution is 2.24. The lowest BCUT2D eigenvalue weighted by Crippen LogP contribution is -2.28. The van der Waals surface area contributed by atoms with E-state index in [4.69, 9.17) is 4.98 Å². The number of fused-ring (bicyclic) bond motifs is 2. The largest absolute Gasteiger partial charge is 0.341 e. The van der Waals surface area contributed by atoms with Gasteiger partial charge in [-0.25, -0.2) is 4.98 Å². The molecule has 0 bridgehead atoms. The Morgan fingerprint density at radius 3 is 3.03 bits per heavy atom. The molecule has 0 saturated carbocycles. The zero-order valence-electron chi connectivity index (χ0n) is 17.4. The summed E-state index contributed by atoms with van der Waals surface area (Å²) in [6.07, 6.45) is 5.49. The van der Waals surface area contributed by atoms with Crippen molar-refractivity contribution >= 4 is 33.5 Å². The number of hydrogen-bond donors (Lipinski definition) is 2. The molecule has 154 valence electrons. The SMILES string of the molecule is CCC1CCCN1Cc1nc2cc(NC(=O)c3ccc4c(cnn4C)c3)ccc2[nH]1. The van der Waals surface area contributed by atoms with Crippen LogP contribution in [-0.2, 0) is 13.6 Å². The van der Waals surface area contributed by atoms with Crippen LogP contribution in [0.5, 0.6) is 0 Å². The lowest BCUT2D eigenvalue weighted by atomic mass is 10.1. The highest BCUT2D eigenvalue weighted by molar-refractivity contribution is 6.06. The number of carbonyl (C=O) groups is 1. The van der Waals surface area contributed by atoms with Crippen molar-refractivity contribution in [1.82, 2.24) is 24.6 Å². The van der Waals surface area contributed by atoms with E-state index < -0.39 is 0 Å². The zero-order chi connectivity index (χ0) is 20.7. The van der Waals surface area contributed by atoms with Gasteiger partial charge in [-0.1, -0.05) is 6.92 Å². The molecule has 30 heavy (non-hydrogen) atoms. The molecule has 1 aliphatic heterocycles. The Hall–Kier alpha value is -3.19. The van der Waals surface area contributed by atoms with Gasteiger partial charge in [0.1, 0.15) is 5.82 Å². The van der Waals surface area contributed by atoms with E-state index in [1.807, 2.05) is 43.4 Å². The fourth-order valence-corrected chi connectivity index (χ4v) is 4.48. The van der Waals surface area contributed by atoms with E-state index in [9.17, 15) is 4.79 Å². The van der Waals surface area contributed by atoms with E-state index in [0.29, 0.717) is 11.6 Å². The number of benzene rings is 2. The molecule has 0 spiro atoms. The van der Waals surface area contributed by atoms with Gasteiger partial charge in [-0.3, -0.25) is 14.4 Å². The van der Waals surface area contributed by atoms with Crippen molar-refractivity contribution in [2.75, 3.05) is 11.9 Å². The molecule has 0 radical (unpaired) electrons. The first-order valence-electron chi connectivity index (χ1n) is 10.6. The third kappa shape index (κ3) is 3.45. The van der Waals surface area contributed by atoms with Crippen LogP contribution < -0.4 is 5.32 Å². The monoisotopic (exact) mass is 402 g/mol. The number of amides is 1. The summed E-state index contributed by atoms with van der Waals surface area (Å²) in [7, 11) is 1.89. The van der Waals surface area contributed by atoms with Crippen LogP contribution in [0.1, 0.15) is 42.4 Å². The van der Waals surface area contributed by atoms with Crippen LogP contribution >= 0.6 is 0 Å². The van der Waals surface area contributed by atoms with Crippen LogP contribution in [0.3, 0.4) is 0 Å². The summed E-state index contributed by atoms with van der Waals surface area (Å²) < 4.78 is 1.80. The second kappa shape index (κ2) is 7.57. The summed E-state index contributed by atoms with van der Waals surface area (Å²) in [5, 5.41) is 8.17. The lowest BCUT2D eigenvalue weighted by molar-refractivity contribution is 0.102. The summed E-state index contributed by atoms with van der Waals surface area (Å²) in [4.78, 5) is 23.4. The van der Waals surface area contributed by atoms with Gasteiger partial charge >= 0.3 is 0 Å². The van der Waals surface area contributed by atoms with Crippen molar-refractivity contribution in [1.29, 1.82) is 0 Å². The fraction of sp³-hybridized carbons (Fsp3) is 0.348. The molecule has 1 saturated heterocycles.